The van der Waals surface area contributed by atoms with Gasteiger partial charge in [0.15, 0.2) is 0 Å². The topological polar surface area (TPSA) is 42.4 Å². The Morgan fingerprint density at radius 1 is 1.50 bits per heavy atom. The van der Waals surface area contributed by atoms with E-state index in [-0.39, 0.29) is 6.04 Å². The summed E-state index contributed by atoms with van der Waals surface area (Å²) >= 11 is 1.70. The predicted molar refractivity (Wildman–Crippen MR) is 66.3 cm³/mol. The van der Waals surface area contributed by atoms with Crippen molar-refractivity contribution in [3.05, 3.63) is 46.5 Å². The monoisotopic (exact) mass is 236 g/mol. The maximum Gasteiger partial charge on any atom is 0.117 e. The molecule has 86 valence electrons. The number of nitrogens with zero attached hydrogens (tertiary/aromatic N) is 1. The molecule has 0 aromatic carbocycles. The van der Waals surface area contributed by atoms with E-state index in [1.165, 1.54) is 5.56 Å². The van der Waals surface area contributed by atoms with Crippen LogP contribution in [-0.2, 0) is 6.54 Å². The van der Waals surface area contributed by atoms with E-state index in [0.29, 0.717) is 6.54 Å². The van der Waals surface area contributed by atoms with Crippen molar-refractivity contribution < 1.29 is 4.42 Å². The molecule has 0 radical (unpaired) electrons. The minimum absolute atomic E-state index is 0.261. The van der Waals surface area contributed by atoms with Crippen molar-refractivity contribution in [3.8, 4) is 0 Å². The van der Waals surface area contributed by atoms with Crippen LogP contribution in [-0.4, -0.2) is 18.5 Å². The van der Waals surface area contributed by atoms with E-state index in [2.05, 4.69) is 28.8 Å². The van der Waals surface area contributed by atoms with E-state index in [4.69, 9.17) is 10.2 Å². The summed E-state index contributed by atoms with van der Waals surface area (Å²) in [5.41, 5.74) is 7.11. The fraction of sp³-hybridized carbons (Fsp3) is 0.333. The summed E-state index contributed by atoms with van der Waals surface area (Å²) in [6, 6.07) is 6.28. The molecule has 1 unspecified atom stereocenters. The highest BCUT2D eigenvalue weighted by atomic mass is 32.1. The SMILES string of the molecule is CN(Cc1ccco1)C(CN)c1ccsc1. The minimum Gasteiger partial charge on any atom is -0.468 e. The molecule has 2 rings (SSSR count). The molecule has 0 fully saturated rings. The van der Waals surface area contributed by atoms with Gasteiger partial charge in [0.1, 0.15) is 5.76 Å². The van der Waals surface area contributed by atoms with Gasteiger partial charge in [-0.25, -0.2) is 0 Å². The predicted octanol–water partition coefficient (Wildman–Crippen LogP) is 2.47. The van der Waals surface area contributed by atoms with Crippen LogP contribution in [0.5, 0.6) is 0 Å². The van der Waals surface area contributed by atoms with E-state index in [0.717, 1.165) is 12.3 Å². The number of likely N-dealkylation sites (N-methyl/N-ethyl adjacent to an activating group) is 1. The Bertz CT molecular complexity index is 397. The fourth-order valence-electron chi connectivity index (χ4n) is 1.79. The molecule has 0 aliphatic heterocycles. The average Bonchev–Trinajstić information content (AvgIpc) is 2.91. The van der Waals surface area contributed by atoms with Crippen molar-refractivity contribution in [3.63, 3.8) is 0 Å². The van der Waals surface area contributed by atoms with Gasteiger partial charge in [-0.15, -0.1) is 0 Å². The number of hydrogen-bond acceptors (Lipinski definition) is 4. The molecule has 0 saturated carbocycles. The summed E-state index contributed by atoms with van der Waals surface area (Å²) < 4.78 is 5.34. The third-order valence-corrected chi connectivity index (χ3v) is 3.37. The zero-order valence-corrected chi connectivity index (χ0v) is 10.1. The van der Waals surface area contributed by atoms with Crippen LogP contribution in [0.4, 0.5) is 0 Å². The lowest BCUT2D eigenvalue weighted by Gasteiger charge is -2.25. The van der Waals surface area contributed by atoms with Gasteiger partial charge in [-0.1, -0.05) is 0 Å². The first-order chi connectivity index (χ1) is 7.81. The first kappa shape index (κ1) is 11.4. The van der Waals surface area contributed by atoms with E-state index in [1.54, 1.807) is 17.6 Å². The van der Waals surface area contributed by atoms with Crippen LogP contribution in [0.2, 0.25) is 0 Å². The Labute approximate surface area is 99.5 Å². The number of furan rings is 1. The molecule has 2 heterocycles. The second-order valence-electron chi connectivity index (χ2n) is 3.80. The molecule has 0 spiro atoms. The lowest BCUT2D eigenvalue weighted by Crippen LogP contribution is -2.29. The third kappa shape index (κ3) is 2.52. The molecule has 16 heavy (non-hydrogen) atoms. The Hall–Kier alpha value is -1.10. The Balaban J connectivity index is 2.04. The molecule has 0 aliphatic carbocycles. The molecule has 3 nitrogen and oxygen atoms in total. The zero-order chi connectivity index (χ0) is 11.4. The molecule has 4 heteroatoms. The van der Waals surface area contributed by atoms with Gasteiger partial charge in [-0.3, -0.25) is 4.90 Å². The summed E-state index contributed by atoms with van der Waals surface area (Å²) in [7, 11) is 2.07. The summed E-state index contributed by atoms with van der Waals surface area (Å²) in [5.74, 6) is 0.969. The molecule has 2 aromatic rings. The highest BCUT2D eigenvalue weighted by Gasteiger charge is 2.16. The van der Waals surface area contributed by atoms with Crippen molar-refractivity contribution in [2.75, 3.05) is 13.6 Å². The van der Waals surface area contributed by atoms with Gasteiger partial charge < -0.3 is 10.2 Å². The smallest absolute Gasteiger partial charge is 0.117 e. The first-order valence-electron chi connectivity index (χ1n) is 5.26. The molecule has 0 saturated heterocycles. The zero-order valence-electron chi connectivity index (χ0n) is 9.30. The number of thiophene rings is 1. The normalized spacial score (nSPS) is 13.2. The van der Waals surface area contributed by atoms with E-state index in [9.17, 15) is 0 Å². The molecular weight excluding hydrogens is 220 g/mol. The van der Waals surface area contributed by atoms with Gasteiger partial charge in [0.25, 0.3) is 0 Å². The van der Waals surface area contributed by atoms with Crippen LogP contribution in [0.3, 0.4) is 0 Å². The number of hydrogen-bond donors (Lipinski definition) is 1. The van der Waals surface area contributed by atoms with E-state index < -0.39 is 0 Å². The minimum atomic E-state index is 0.261. The Kier molecular flexibility index (Phi) is 3.77. The third-order valence-electron chi connectivity index (χ3n) is 2.67. The summed E-state index contributed by atoms with van der Waals surface area (Å²) in [6.45, 7) is 1.40. The van der Waals surface area contributed by atoms with Crippen molar-refractivity contribution in [1.29, 1.82) is 0 Å². The molecular formula is C12H16N2OS. The van der Waals surface area contributed by atoms with Crippen LogP contribution < -0.4 is 5.73 Å². The van der Waals surface area contributed by atoms with Crippen molar-refractivity contribution in [1.82, 2.24) is 4.90 Å². The van der Waals surface area contributed by atoms with Crippen LogP contribution in [0, 0.1) is 0 Å². The standard InChI is InChI=1S/C12H16N2OS/c1-14(8-11-3-2-5-15-11)12(7-13)10-4-6-16-9-10/h2-6,9,12H,7-8,13H2,1H3. The van der Waals surface area contributed by atoms with Gasteiger partial charge in [0.2, 0.25) is 0 Å². The van der Waals surface area contributed by atoms with Gasteiger partial charge >= 0.3 is 0 Å². The molecule has 1 atom stereocenters. The molecule has 0 aliphatic rings. The summed E-state index contributed by atoms with van der Waals surface area (Å²) in [5, 5.41) is 4.23. The largest absolute Gasteiger partial charge is 0.468 e. The fourth-order valence-corrected chi connectivity index (χ4v) is 2.50. The van der Waals surface area contributed by atoms with Gasteiger partial charge in [0, 0.05) is 12.6 Å². The second-order valence-corrected chi connectivity index (χ2v) is 4.58. The van der Waals surface area contributed by atoms with Crippen LogP contribution in [0.15, 0.2) is 39.6 Å². The van der Waals surface area contributed by atoms with Crippen LogP contribution >= 0.6 is 11.3 Å². The highest BCUT2D eigenvalue weighted by molar-refractivity contribution is 7.07. The summed E-state index contributed by atoms with van der Waals surface area (Å²) in [6.07, 6.45) is 1.70. The van der Waals surface area contributed by atoms with Crippen LogP contribution in [0.25, 0.3) is 0 Å². The second kappa shape index (κ2) is 5.30. The van der Waals surface area contributed by atoms with E-state index in [1.807, 2.05) is 12.1 Å². The molecule has 2 aromatic heterocycles. The van der Waals surface area contributed by atoms with Gasteiger partial charge in [0.05, 0.1) is 12.8 Å². The first-order valence-corrected chi connectivity index (χ1v) is 6.20. The maximum atomic E-state index is 5.83. The van der Waals surface area contributed by atoms with Gasteiger partial charge in [-0.05, 0) is 41.6 Å². The Morgan fingerprint density at radius 2 is 2.38 bits per heavy atom. The highest BCUT2D eigenvalue weighted by Crippen LogP contribution is 2.22. The molecule has 2 N–H and O–H groups in total. The van der Waals surface area contributed by atoms with E-state index >= 15 is 0 Å². The lowest BCUT2D eigenvalue weighted by molar-refractivity contribution is 0.223. The Morgan fingerprint density at radius 3 is 2.94 bits per heavy atom. The van der Waals surface area contributed by atoms with Crippen LogP contribution in [0.1, 0.15) is 17.4 Å². The number of rotatable bonds is 5. The van der Waals surface area contributed by atoms with Crippen molar-refractivity contribution in [2.24, 2.45) is 5.73 Å². The van der Waals surface area contributed by atoms with Crippen molar-refractivity contribution in [2.45, 2.75) is 12.6 Å². The van der Waals surface area contributed by atoms with Crippen molar-refractivity contribution >= 4 is 11.3 Å². The lowest BCUT2D eigenvalue weighted by atomic mass is 10.1. The number of nitrogens with two attached hydrogens (primary N) is 1. The quantitative estimate of drug-likeness (QED) is 0.867. The molecule has 0 bridgehead atoms. The molecule has 0 amide bonds. The summed E-state index contributed by atoms with van der Waals surface area (Å²) in [4.78, 5) is 2.21. The van der Waals surface area contributed by atoms with Gasteiger partial charge in [-0.2, -0.15) is 11.3 Å². The average molecular weight is 236 g/mol. The maximum absolute atomic E-state index is 5.83.